The summed E-state index contributed by atoms with van der Waals surface area (Å²) in [6, 6.07) is 3.71. The van der Waals surface area contributed by atoms with Crippen LogP contribution in [0, 0.1) is 0 Å². The molecule has 1 unspecified atom stereocenters. The first-order valence-electron chi connectivity index (χ1n) is 7.48. The van der Waals surface area contributed by atoms with Crippen LogP contribution in [0.25, 0.3) is 5.00 Å². The Bertz CT molecular complexity index is 646. The first-order valence-corrected chi connectivity index (χ1v) is 8.36. The molecule has 1 amide bonds. The molecule has 0 fully saturated rings. The number of amides is 1. The van der Waals surface area contributed by atoms with Gasteiger partial charge in [-0.05, 0) is 41.3 Å². The zero-order valence-corrected chi connectivity index (χ0v) is 13.7. The number of nitrogens with zero attached hydrogens (tertiary/aromatic N) is 4. The highest BCUT2D eigenvalue weighted by molar-refractivity contribution is 7.12. The van der Waals surface area contributed by atoms with Crippen LogP contribution in [-0.4, -0.2) is 31.7 Å². The van der Waals surface area contributed by atoms with Gasteiger partial charge in [0, 0.05) is 6.04 Å². The number of hydrogen-bond acceptors (Lipinski definition) is 5. The number of tetrazole rings is 1. The predicted octanol–water partition coefficient (Wildman–Crippen LogP) is 1.58. The van der Waals surface area contributed by atoms with Crippen LogP contribution >= 0.6 is 11.3 Å². The maximum atomic E-state index is 12.1. The lowest BCUT2D eigenvalue weighted by atomic mass is 10.1. The van der Waals surface area contributed by atoms with Crippen LogP contribution in [0.1, 0.15) is 39.5 Å². The Morgan fingerprint density at radius 2 is 2.23 bits per heavy atom. The third-order valence-electron chi connectivity index (χ3n) is 3.30. The van der Waals surface area contributed by atoms with E-state index in [-0.39, 0.29) is 18.5 Å². The van der Waals surface area contributed by atoms with Crippen molar-refractivity contribution in [3.63, 3.8) is 0 Å². The van der Waals surface area contributed by atoms with Crippen molar-refractivity contribution in [2.45, 2.75) is 52.1 Å². The number of hydrogen-bond donors (Lipinski definition) is 1. The maximum absolute atomic E-state index is 12.1. The number of carbonyl (C=O) groups excluding carboxylic acids is 1. The molecule has 0 radical (unpaired) electrons. The Morgan fingerprint density at radius 3 is 2.91 bits per heavy atom. The van der Waals surface area contributed by atoms with Crippen LogP contribution in [0.2, 0.25) is 0 Å². The average molecular weight is 323 g/mol. The summed E-state index contributed by atoms with van der Waals surface area (Å²) in [5.41, 5.74) is -0.406. The van der Waals surface area contributed by atoms with Crippen LogP contribution in [0.4, 0.5) is 0 Å². The molecule has 0 aromatic carbocycles. The fraction of sp³-hybridized carbons (Fsp3) is 0.571. The van der Waals surface area contributed by atoms with E-state index in [0.29, 0.717) is 5.00 Å². The van der Waals surface area contributed by atoms with Gasteiger partial charge >= 0.3 is 5.69 Å². The molecule has 2 rings (SSSR count). The van der Waals surface area contributed by atoms with Gasteiger partial charge in [-0.1, -0.05) is 26.2 Å². The van der Waals surface area contributed by atoms with Crippen LogP contribution < -0.4 is 11.0 Å². The minimum Gasteiger partial charge on any atom is -0.352 e. The number of carbonyl (C=O) groups is 1. The van der Waals surface area contributed by atoms with E-state index in [2.05, 4.69) is 22.7 Å². The highest BCUT2D eigenvalue weighted by atomic mass is 32.1. The zero-order valence-electron chi connectivity index (χ0n) is 12.9. The normalized spacial score (nSPS) is 12.3. The average Bonchev–Trinajstić information content (AvgIpc) is 3.10. The number of thiophene rings is 1. The van der Waals surface area contributed by atoms with Gasteiger partial charge in [-0.3, -0.25) is 4.79 Å². The lowest BCUT2D eigenvalue weighted by Gasteiger charge is -2.13. The molecular formula is C14H21N5O2S. The van der Waals surface area contributed by atoms with E-state index in [9.17, 15) is 9.59 Å². The van der Waals surface area contributed by atoms with Gasteiger partial charge in [0.25, 0.3) is 0 Å². The summed E-state index contributed by atoms with van der Waals surface area (Å²) in [4.78, 5) is 24.1. The SMILES string of the molecule is CCCCCC(C)NC(=O)Cn1nnn(-c2cccs2)c1=O. The molecule has 22 heavy (non-hydrogen) atoms. The van der Waals surface area contributed by atoms with Crippen LogP contribution in [0.3, 0.4) is 0 Å². The standard InChI is InChI=1S/C14H21N5O2S/c1-3-4-5-7-11(2)15-12(20)10-18-14(21)19(17-16-18)13-8-6-9-22-13/h6,8-9,11H,3-5,7,10H2,1-2H3,(H,15,20). The van der Waals surface area contributed by atoms with Crippen LogP contribution in [0.15, 0.2) is 22.3 Å². The van der Waals surface area contributed by atoms with E-state index in [0.717, 1.165) is 30.4 Å². The third kappa shape index (κ3) is 4.27. The molecule has 0 aliphatic heterocycles. The zero-order chi connectivity index (χ0) is 15.9. The molecule has 0 bridgehead atoms. The van der Waals surface area contributed by atoms with Crippen molar-refractivity contribution in [2.24, 2.45) is 0 Å². The van der Waals surface area contributed by atoms with Gasteiger partial charge in [-0.15, -0.1) is 11.3 Å². The Morgan fingerprint density at radius 1 is 1.41 bits per heavy atom. The second-order valence-corrected chi connectivity index (χ2v) is 6.17. The van der Waals surface area contributed by atoms with Gasteiger partial charge in [0.15, 0.2) is 0 Å². The van der Waals surface area contributed by atoms with Gasteiger partial charge in [0.05, 0.1) is 0 Å². The van der Waals surface area contributed by atoms with Crippen LogP contribution in [0.5, 0.6) is 0 Å². The third-order valence-corrected chi connectivity index (χ3v) is 4.14. The second kappa shape index (κ2) is 7.88. The predicted molar refractivity (Wildman–Crippen MR) is 85.2 cm³/mol. The number of unbranched alkanes of at least 4 members (excludes halogenated alkanes) is 2. The molecule has 120 valence electrons. The molecule has 0 saturated carbocycles. The second-order valence-electron chi connectivity index (χ2n) is 5.25. The smallest absolute Gasteiger partial charge is 0.352 e. The molecule has 2 aromatic rings. The van der Waals surface area contributed by atoms with Crippen molar-refractivity contribution < 1.29 is 4.79 Å². The van der Waals surface area contributed by atoms with Crippen molar-refractivity contribution in [1.82, 2.24) is 25.1 Å². The largest absolute Gasteiger partial charge is 0.369 e. The monoisotopic (exact) mass is 323 g/mol. The van der Waals surface area contributed by atoms with E-state index in [1.54, 1.807) is 6.07 Å². The Balaban J connectivity index is 1.91. The maximum Gasteiger partial charge on any atom is 0.369 e. The van der Waals surface area contributed by atoms with E-state index in [1.807, 2.05) is 18.4 Å². The van der Waals surface area contributed by atoms with Gasteiger partial charge in [0.1, 0.15) is 11.5 Å². The minimum absolute atomic E-state index is 0.0992. The summed E-state index contributed by atoms with van der Waals surface area (Å²) in [5.74, 6) is -0.218. The lowest BCUT2D eigenvalue weighted by Crippen LogP contribution is -2.38. The van der Waals surface area contributed by atoms with Crippen molar-refractivity contribution in [3.8, 4) is 5.00 Å². The minimum atomic E-state index is -0.406. The summed E-state index contributed by atoms with van der Waals surface area (Å²) < 4.78 is 2.27. The molecule has 0 saturated heterocycles. The van der Waals surface area contributed by atoms with Gasteiger partial charge in [-0.2, -0.15) is 9.36 Å². The molecule has 7 nitrogen and oxygen atoms in total. The summed E-state index contributed by atoms with van der Waals surface area (Å²) in [6.07, 6.45) is 4.35. The van der Waals surface area contributed by atoms with Gasteiger partial charge in [-0.25, -0.2) is 4.79 Å². The highest BCUT2D eigenvalue weighted by Crippen LogP contribution is 2.10. The number of nitrogens with one attached hydrogen (secondary N) is 1. The first-order chi connectivity index (χ1) is 10.6. The Hall–Kier alpha value is -1.96. The molecule has 0 aliphatic carbocycles. The van der Waals surface area contributed by atoms with E-state index < -0.39 is 5.69 Å². The summed E-state index contributed by atoms with van der Waals surface area (Å²) in [6.45, 7) is 4.01. The summed E-state index contributed by atoms with van der Waals surface area (Å²) >= 11 is 1.39. The molecule has 2 aromatic heterocycles. The molecule has 8 heteroatoms. The topological polar surface area (TPSA) is 81.8 Å². The van der Waals surface area contributed by atoms with Gasteiger partial charge in [0.2, 0.25) is 5.91 Å². The van der Waals surface area contributed by atoms with E-state index >= 15 is 0 Å². The molecule has 1 atom stereocenters. The summed E-state index contributed by atoms with van der Waals surface area (Å²) in [7, 11) is 0. The fourth-order valence-corrected chi connectivity index (χ4v) is 2.80. The summed E-state index contributed by atoms with van der Waals surface area (Å²) in [5, 5.41) is 13.0. The van der Waals surface area contributed by atoms with Crippen molar-refractivity contribution in [1.29, 1.82) is 0 Å². The van der Waals surface area contributed by atoms with Crippen molar-refractivity contribution in [2.75, 3.05) is 0 Å². The highest BCUT2D eigenvalue weighted by Gasteiger charge is 2.14. The van der Waals surface area contributed by atoms with Crippen molar-refractivity contribution >= 4 is 17.2 Å². The molecule has 1 N–H and O–H groups in total. The van der Waals surface area contributed by atoms with E-state index in [4.69, 9.17) is 0 Å². The van der Waals surface area contributed by atoms with Gasteiger partial charge < -0.3 is 5.32 Å². The molecule has 0 spiro atoms. The quantitative estimate of drug-likeness (QED) is 0.748. The van der Waals surface area contributed by atoms with Crippen molar-refractivity contribution in [3.05, 3.63) is 28.0 Å². The molecular weight excluding hydrogens is 302 g/mol. The number of rotatable bonds is 8. The van der Waals surface area contributed by atoms with Crippen LogP contribution in [-0.2, 0) is 11.3 Å². The molecule has 2 heterocycles. The Labute approximate surface area is 132 Å². The number of aromatic nitrogens is 4. The fourth-order valence-electron chi connectivity index (χ4n) is 2.13. The van der Waals surface area contributed by atoms with E-state index in [1.165, 1.54) is 16.0 Å². The lowest BCUT2D eigenvalue weighted by molar-refractivity contribution is -0.122. The molecule has 0 aliphatic rings. The Kier molecular flexibility index (Phi) is 5.88. The first kappa shape index (κ1) is 16.4.